The molecular formula is C3Br2F6O2S. The molecule has 11 heteroatoms. The van der Waals surface area contributed by atoms with Gasteiger partial charge in [0, 0.05) is 0 Å². The van der Waals surface area contributed by atoms with Gasteiger partial charge in [0.1, 0.15) is 0 Å². The van der Waals surface area contributed by atoms with Gasteiger partial charge in [0.25, 0.3) is 0 Å². The van der Waals surface area contributed by atoms with E-state index in [1.807, 2.05) is 0 Å². The van der Waals surface area contributed by atoms with Crippen molar-refractivity contribution in [3.8, 4) is 0 Å². The van der Waals surface area contributed by atoms with Gasteiger partial charge in [-0.1, -0.05) is 0 Å². The molecule has 0 fully saturated rings. The van der Waals surface area contributed by atoms with E-state index in [4.69, 9.17) is 0 Å². The van der Waals surface area contributed by atoms with Crippen molar-refractivity contribution in [2.24, 2.45) is 0 Å². The van der Waals surface area contributed by atoms with E-state index < -0.39 is 24.3 Å². The van der Waals surface area contributed by atoms with Crippen LogP contribution < -0.4 is 0 Å². The van der Waals surface area contributed by atoms with Crippen molar-refractivity contribution in [2.45, 2.75) is 16.0 Å². The number of hydrogen-bond donors (Lipinski definition) is 0. The lowest BCUT2D eigenvalue weighted by Crippen LogP contribution is -2.55. The average Bonchev–Trinajstić information content (AvgIpc) is 1.77. The van der Waals surface area contributed by atoms with Crippen molar-refractivity contribution < 1.29 is 34.8 Å². The van der Waals surface area contributed by atoms with E-state index in [9.17, 15) is 34.8 Å². The summed E-state index contributed by atoms with van der Waals surface area (Å²) in [6.45, 7) is 0. The van der Waals surface area contributed by atoms with Gasteiger partial charge in [0.2, 0.25) is 8.27 Å². The molecular weight excluding hydrogens is 374 g/mol. The molecule has 0 rings (SSSR count). The lowest BCUT2D eigenvalue weighted by atomic mass is 10.4. The van der Waals surface area contributed by atoms with Crippen LogP contribution in [0.5, 0.6) is 0 Å². The highest BCUT2D eigenvalue weighted by Crippen LogP contribution is 2.54. The van der Waals surface area contributed by atoms with Gasteiger partial charge in [0.15, 0.2) is 0 Å². The number of hydrogen-bond acceptors (Lipinski definition) is 2. The molecule has 0 saturated heterocycles. The maximum Gasteiger partial charge on any atom is 0.427 e. The van der Waals surface area contributed by atoms with Crippen molar-refractivity contribution in [1.82, 2.24) is 0 Å². The third-order valence-corrected chi connectivity index (χ3v) is 7.14. The van der Waals surface area contributed by atoms with E-state index in [-0.39, 0.29) is 0 Å². The molecule has 0 bridgehead atoms. The van der Waals surface area contributed by atoms with Crippen molar-refractivity contribution >= 4 is 39.0 Å². The minimum absolute atomic E-state index is 1.16. The normalized spacial score (nSPS) is 15.7. The van der Waals surface area contributed by atoms with Crippen molar-refractivity contribution in [3.63, 3.8) is 0 Å². The summed E-state index contributed by atoms with van der Waals surface area (Å²) < 4.78 is 87.3. The van der Waals surface area contributed by atoms with E-state index in [1.165, 1.54) is 14.8 Å². The monoisotopic (exact) mass is 372 g/mol. The van der Waals surface area contributed by atoms with Crippen LogP contribution in [0.4, 0.5) is 26.3 Å². The zero-order chi connectivity index (χ0) is 12.0. The molecule has 2 nitrogen and oxygen atoms in total. The second-order valence-corrected chi connectivity index (χ2v) is 7.79. The molecule has 0 N–H and O–H groups in total. The van der Waals surface area contributed by atoms with Gasteiger partial charge >= 0.3 is 16.0 Å². The molecule has 0 radical (unpaired) electrons. The highest BCUT2D eigenvalue weighted by Gasteiger charge is 2.77. The van der Waals surface area contributed by atoms with E-state index >= 15 is 0 Å². The van der Waals surface area contributed by atoms with E-state index in [0.29, 0.717) is 0 Å². The predicted molar refractivity (Wildman–Crippen MR) is 41.6 cm³/mol. The molecule has 0 saturated carbocycles. The summed E-state index contributed by atoms with van der Waals surface area (Å²) in [4.78, 5) is 0. The third kappa shape index (κ3) is 2.18. The fraction of sp³-hybridized carbons (Fsp3) is 1.00. The molecule has 0 aromatic heterocycles. The molecule has 86 valence electrons. The molecule has 0 aliphatic heterocycles. The zero-order valence-corrected chi connectivity index (χ0v) is 9.74. The van der Waals surface area contributed by atoms with Crippen LogP contribution in [0.15, 0.2) is 0 Å². The molecule has 0 aliphatic carbocycles. The summed E-state index contributed by atoms with van der Waals surface area (Å²) in [6, 6.07) is 0. The lowest BCUT2D eigenvalue weighted by molar-refractivity contribution is -0.235. The van der Waals surface area contributed by atoms with Crippen LogP contribution >= 0.6 is 30.7 Å². The highest BCUT2D eigenvalue weighted by atomic mass is 79.9. The Kier molecular flexibility index (Phi) is 3.63. The number of halogens is 8. The quantitative estimate of drug-likeness (QED) is 0.402. The fourth-order valence-electron chi connectivity index (χ4n) is 0.437. The summed E-state index contributed by atoms with van der Waals surface area (Å²) in [6.07, 6.45) is -12.0. The molecule has 0 unspecified atom stereocenters. The standard InChI is InChI=1S/C3Br2F6O2S/c4-1(2(6,7)8,3(9,10)11)14(5,12)13. The van der Waals surface area contributed by atoms with Gasteiger partial charge in [-0.15, -0.1) is 0 Å². The zero-order valence-electron chi connectivity index (χ0n) is 5.75. The summed E-state index contributed by atoms with van der Waals surface area (Å²) in [7, 11) is -5.60. The van der Waals surface area contributed by atoms with Gasteiger partial charge in [-0.2, -0.15) is 26.3 Å². The van der Waals surface area contributed by atoms with E-state index in [0.717, 1.165) is 15.9 Å². The van der Waals surface area contributed by atoms with Crippen LogP contribution in [0.3, 0.4) is 0 Å². The van der Waals surface area contributed by atoms with Gasteiger partial charge in [-0.25, -0.2) is 8.42 Å². The molecule has 0 amide bonds. The molecule has 0 heterocycles. The second-order valence-electron chi connectivity index (χ2n) is 2.03. The maximum atomic E-state index is 11.9. The molecule has 0 atom stereocenters. The summed E-state index contributed by atoms with van der Waals surface area (Å²) in [5.74, 6) is 0. The van der Waals surface area contributed by atoms with Crippen LogP contribution in [0.25, 0.3) is 0 Å². The van der Waals surface area contributed by atoms with Crippen molar-refractivity contribution in [1.29, 1.82) is 0 Å². The Morgan fingerprint density at radius 3 is 1.07 bits per heavy atom. The van der Waals surface area contributed by atoms with Crippen LogP contribution in [0, 0.1) is 0 Å². The van der Waals surface area contributed by atoms with Crippen LogP contribution in [0.1, 0.15) is 0 Å². The first kappa shape index (κ1) is 14.5. The van der Waals surface area contributed by atoms with Crippen molar-refractivity contribution in [2.75, 3.05) is 0 Å². The number of rotatable bonds is 1. The first-order valence-electron chi connectivity index (χ1n) is 2.51. The minimum atomic E-state index is -6.02. The van der Waals surface area contributed by atoms with Crippen LogP contribution in [-0.2, 0) is 8.27 Å². The predicted octanol–water partition coefficient (Wildman–Crippen LogP) is 2.93. The molecule has 14 heavy (non-hydrogen) atoms. The van der Waals surface area contributed by atoms with Gasteiger partial charge in [-0.3, -0.25) is 0 Å². The minimum Gasteiger partial charge on any atom is -0.215 e. The van der Waals surface area contributed by atoms with Gasteiger partial charge in [-0.05, 0) is 15.9 Å². The van der Waals surface area contributed by atoms with Gasteiger partial charge in [0.05, 0.1) is 14.8 Å². The topological polar surface area (TPSA) is 34.1 Å². The largest absolute Gasteiger partial charge is 0.427 e. The first-order valence-corrected chi connectivity index (χ1v) is 6.63. The Balaban J connectivity index is 5.81. The van der Waals surface area contributed by atoms with E-state index in [1.54, 1.807) is 0 Å². The third-order valence-electron chi connectivity index (χ3n) is 1.07. The van der Waals surface area contributed by atoms with Crippen LogP contribution in [0.2, 0.25) is 0 Å². The Morgan fingerprint density at radius 2 is 1.07 bits per heavy atom. The smallest absolute Gasteiger partial charge is 0.215 e. The Labute approximate surface area is 89.9 Å². The summed E-state index contributed by atoms with van der Waals surface area (Å²) in [5.41, 5.74) is 0. The fourth-order valence-corrected chi connectivity index (χ4v) is 2.09. The Bertz CT molecular complexity index is 301. The molecule has 0 aliphatic rings. The van der Waals surface area contributed by atoms with E-state index in [2.05, 4.69) is 0 Å². The summed E-state index contributed by atoms with van der Waals surface area (Å²) >= 11 is 2.52. The summed E-state index contributed by atoms with van der Waals surface area (Å²) in [5, 5.41) is 0. The first-order chi connectivity index (χ1) is 5.75. The second kappa shape index (κ2) is 3.51. The Morgan fingerprint density at radius 1 is 0.857 bits per heavy atom. The Hall–Kier alpha value is 0.490. The van der Waals surface area contributed by atoms with Gasteiger partial charge < -0.3 is 0 Å². The maximum absolute atomic E-state index is 11.9. The van der Waals surface area contributed by atoms with Crippen LogP contribution in [-0.4, -0.2) is 24.4 Å². The molecule has 0 aromatic rings. The lowest BCUT2D eigenvalue weighted by Gasteiger charge is -2.28. The molecule has 0 spiro atoms. The molecule has 0 aromatic carbocycles. The van der Waals surface area contributed by atoms with Crippen molar-refractivity contribution in [3.05, 3.63) is 0 Å². The average molecular weight is 374 g/mol. The highest BCUT2D eigenvalue weighted by molar-refractivity contribution is 9.49. The SMILES string of the molecule is O=S(=O)(Br)C(Br)(C(F)(F)F)C(F)(F)F. The number of alkyl halides is 7.